The Morgan fingerprint density at radius 2 is 2.24 bits per heavy atom. The van der Waals surface area contributed by atoms with Crippen LogP contribution in [-0.4, -0.2) is 19.2 Å². The number of anilines is 1. The Bertz CT molecular complexity index is 362. The summed E-state index contributed by atoms with van der Waals surface area (Å²) in [7, 11) is 0. The van der Waals surface area contributed by atoms with Crippen molar-refractivity contribution in [2.75, 3.05) is 18.9 Å². The van der Waals surface area contributed by atoms with Crippen LogP contribution in [0.25, 0.3) is 0 Å². The molecule has 1 aromatic carbocycles. The fourth-order valence-corrected chi connectivity index (χ4v) is 1.42. The summed E-state index contributed by atoms with van der Waals surface area (Å²) in [6, 6.07) is 5.02. The molecule has 0 bridgehead atoms. The monoisotopic (exact) mass is 257 g/mol. The lowest BCUT2D eigenvalue weighted by atomic mass is 10.3. The highest BCUT2D eigenvalue weighted by Gasteiger charge is 2.09. The van der Waals surface area contributed by atoms with E-state index in [0.29, 0.717) is 23.1 Å². The lowest BCUT2D eigenvalue weighted by Crippen LogP contribution is -2.16. The Balaban J connectivity index is 2.42. The van der Waals surface area contributed by atoms with Crippen molar-refractivity contribution in [1.29, 1.82) is 0 Å². The smallest absolute Gasteiger partial charge is 0.344 e. The number of nitrogen functional groups attached to an aromatic ring is 1. The number of hydrogen-bond acceptors (Lipinski definition) is 4. The van der Waals surface area contributed by atoms with Gasteiger partial charge in [-0.05, 0) is 18.6 Å². The van der Waals surface area contributed by atoms with E-state index < -0.39 is 5.97 Å². The number of esters is 1. The van der Waals surface area contributed by atoms with E-state index in [1.165, 1.54) is 0 Å². The third kappa shape index (κ3) is 4.53. The second-order valence-electron chi connectivity index (χ2n) is 3.52. The first-order chi connectivity index (χ1) is 8.15. The Morgan fingerprint density at radius 1 is 1.47 bits per heavy atom. The van der Waals surface area contributed by atoms with Crippen molar-refractivity contribution in [3.63, 3.8) is 0 Å². The molecule has 0 amide bonds. The first-order valence-corrected chi connectivity index (χ1v) is 5.85. The number of unbranched alkanes of at least 4 members (excludes halogenated alkanes) is 1. The van der Waals surface area contributed by atoms with E-state index in [0.717, 1.165) is 12.8 Å². The summed E-state index contributed by atoms with van der Waals surface area (Å²) < 4.78 is 10.2. The first-order valence-electron chi connectivity index (χ1n) is 5.47. The zero-order valence-corrected chi connectivity index (χ0v) is 10.5. The molecule has 0 heterocycles. The molecule has 0 saturated carbocycles. The maximum absolute atomic E-state index is 11.3. The van der Waals surface area contributed by atoms with E-state index in [4.69, 9.17) is 26.8 Å². The van der Waals surface area contributed by atoms with Crippen LogP contribution in [-0.2, 0) is 9.53 Å². The van der Waals surface area contributed by atoms with Gasteiger partial charge in [0, 0.05) is 0 Å². The number of hydrogen-bond donors (Lipinski definition) is 1. The average Bonchev–Trinajstić information content (AvgIpc) is 2.29. The maximum Gasteiger partial charge on any atom is 0.344 e. The molecule has 4 nitrogen and oxygen atoms in total. The van der Waals surface area contributed by atoms with E-state index in [-0.39, 0.29) is 6.61 Å². The van der Waals surface area contributed by atoms with Crippen LogP contribution < -0.4 is 10.5 Å². The normalized spacial score (nSPS) is 10.0. The van der Waals surface area contributed by atoms with Crippen molar-refractivity contribution in [3.05, 3.63) is 23.2 Å². The third-order valence-corrected chi connectivity index (χ3v) is 2.39. The molecule has 1 aromatic rings. The Labute approximate surface area is 106 Å². The molecule has 94 valence electrons. The maximum atomic E-state index is 11.3. The van der Waals surface area contributed by atoms with Crippen LogP contribution in [0.2, 0.25) is 5.02 Å². The zero-order chi connectivity index (χ0) is 12.7. The molecule has 5 heteroatoms. The van der Waals surface area contributed by atoms with Crippen LogP contribution in [0.3, 0.4) is 0 Å². The fraction of sp³-hybridized carbons (Fsp3) is 0.417. The van der Waals surface area contributed by atoms with Crippen molar-refractivity contribution in [3.8, 4) is 5.75 Å². The van der Waals surface area contributed by atoms with Gasteiger partial charge in [-0.1, -0.05) is 31.0 Å². The molecular formula is C12H16ClNO3. The van der Waals surface area contributed by atoms with Crippen LogP contribution in [0.5, 0.6) is 5.75 Å². The van der Waals surface area contributed by atoms with Gasteiger partial charge >= 0.3 is 5.97 Å². The number of carbonyl (C=O) groups is 1. The number of para-hydroxylation sites is 1. The Hall–Kier alpha value is -1.42. The molecular weight excluding hydrogens is 242 g/mol. The van der Waals surface area contributed by atoms with Crippen LogP contribution in [0.15, 0.2) is 18.2 Å². The van der Waals surface area contributed by atoms with E-state index >= 15 is 0 Å². The average molecular weight is 258 g/mol. The second kappa shape index (κ2) is 7.01. The first kappa shape index (κ1) is 13.6. The second-order valence-corrected chi connectivity index (χ2v) is 3.93. The molecule has 0 radical (unpaired) electrons. The summed E-state index contributed by atoms with van der Waals surface area (Å²) in [5, 5.41) is 0.381. The molecule has 0 fully saturated rings. The van der Waals surface area contributed by atoms with Gasteiger partial charge in [-0.15, -0.1) is 0 Å². The van der Waals surface area contributed by atoms with E-state index in [2.05, 4.69) is 0 Å². The number of rotatable bonds is 6. The van der Waals surface area contributed by atoms with Gasteiger partial charge in [0.1, 0.15) is 0 Å². The highest BCUT2D eigenvalue weighted by atomic mass is 35.5. The van der Waals surface area contributed by atoms with Crippen molar-refractivity contribution in [2.45, 2.75) is 19.8 Å². The summed E-state index contributed by atoms with van der Waals surface area (Å²) in [4.78, 5) is 11.3. The van der Waals surface area contributed by atoms with Crippen molar-refractivity contribution in [2.24, 2.45) is 0 Å². The minimum Gasteiger partial charge on any atom is -0.478 e. The van der Waals surface area contributed by atoms with Gasteiger partial charge < -0.3 is 15.2 Å². The predicted molar refractivity (Wildman–Crippen MR) is 67.2 cm³/mol. The molecule has 0 aromatic heterocycles. The molecule has 2 N–H and O–H groups in total. The minimum atomic E-state index is -0.419. The topological polar surface area (TPSA) is 61.5 Å². The largest absolute Gasteiger partial charge is 0.478 e. The van der Waals surface area contributed by atoms with Gasteiger partial charge in [-0.2, -0.15) is 0 Å². The molecule has 17 heavy (non-hydrogen) atoms. The Morgan fingerprint density at radius 3 is 2.88 bits per heavy atom. The molecule has 0 aliphatic rings. The standard InChI is InChI=1S/C12H16ClNO3/c1-2-3-7-16-11(15)8-17-12-9(13)5-4-6-10(12)14/h4-6H,2-3,7-8,14H2,1H3. The highest BCUT2D eigenvalue weighted by molar-refractivity contribution is 6.32. The molecule has 0 saturated heterocycles. The molecule has 1 rings (SSSR count). The van der Waals surface area contributed by atoms with Crippen LogP contribution >= 0.6 is 11.6 Å². The zero-order valence-electron chi connectivity index (χ0n) is 9.74. The van der Waals surface area contributed by atoms with E-state index in [1.807, 2.05) is 6.92 Å². The highest BCUT2D eigenvalue weighted by Crippen LogP contribution is 2.30. The number of carbonyl (C=O) groups excluding carboxylic acids is 1. The molecule has 0 atom stereocenters. The van der Waals surface area contributed by atoms with E-state index in [9.17, 15) is 4.79 Å². The van der Waals surface area contributed by atoms with Gasteiger partial charge in [0.25, 0.3) is 0 Å². The summed E-state index contributed by atoms with van der Waals surface area (Å²) in [5.41, 5.74) is 6.07. The summed E-state index contributed by atoms with van der Waals surface area (Å²) >= 11 is 5.88. The van der Waals surface area contributed by atoms with Crippen LogP contribution in [0.1, 0.15) is 19.8 Å². The fourth-order valence-electron chi connectivity index (χ4n) is 1.18. The van der Waals surface area contributed by atoms with Gasteiger partial charge in [0.2, 0.25) is 0 Å². The van der Waals surface area contributed by atoms with Crippen LogP contribution in [0.4, 0.5) is 5.69 Å². The van der Waals surface area contributed by atoms with Gasteiger partial charge in [-0.3, -0.25) is 0 Å². The summed E-state index contributed by atoms with van der Waals surface area (Å²) in [6.07, 6.45) is 1.82. The molecule has 0 spiro atoms. The van der Waals surface area contributed by atoms with Crippen molar-refractivity contribution >= 4 is 23.3 Å². The molecule has 0 aliphatic heterocycles. The minimum absolute atomic E-state index is 0.183. The number of benzene rings is 1. The number of ether oxygens (including phenoxy) is 2. The predicted octanol–water partition coefficient (Wildman–Crippen LogP) is 2.64. The summed E-state index contributed by atoms with van der Waals surface area (Å²) in [5.74, 6) is -0.0978. The molecule has 0 aliphatic carbocycles. The van der Waals surface area contributed by atoms with Crippen molar-refractivity contribution in [1.82, 2.24) is 0 Å². The Kier molecular flexibility index (Phi) is 5.63. The van der Waals surface area contributed by atoms with E-state index in [1.54, 1.807) is 18.2 Å². The van der Waals surface area contributed by atoms with Crippen molar-refractivity contribution < 1.29 is 14.3 Å². The quantitative estimate of drug-likeness (QED) is 0.483. The lowest BCUT2D eigenvalue weighted by Gasteiger charge is -2.10. The van der Waals surface area contributed by atoms with Crippen LogP contribution in [0, 0.1) is 0 Å². The number of nitrogens with two attached hydrogens (primary N) is 1. The SMILES string of the molecule is CCCCOC(=O)COc1c(N)cccc1Cl. The van der Waals surface area contributed by atoms with Gasteiger partial charge in [0.05, 0.1) is 17.3 Å². The number of halogens is 1. The van der Waals surface area contributed by atoms with Gasteiger partial charge in [0.15, 0.2) is 12.4 Å². The molecule has 0 unspecified atom stereocenters. The lowest BCUT2D eigenvalue weighted by molar-refractivity contribution is -0.146. The van der Waals surface area contributed by atoms with Gasteiger partial charge in [-0.25, -0.2) is 4.79 Å². The summed E-state index contributed by atoms with van der Waals surface area (Å²) in [6.45, 7) is 2.25. The third-order valence-electron chi connectivity index (χ3n) is 2.09.